The number of fused-ring (bicyclic) bond motifs is 3. The Kier molecular flexibility index (Phi) is 14.7. The molecule has 4 aliphatic rings. The molecule has 2 saturated heterocycles. The van der Waals surface area contributed by atoms with Crippen molar-refractivity contribution in [1.82, 2.24) is 25.8 Å². The lowest BCUT2D eigenvalue weighted by Gasteiger charge is -2.22. The van der Waals surface area contributed by atoms with Crippen molar-refractivity contribution in [3.8, 4) is 22.5 Å². The maximum atomic E-state index is 13.7. The van der Waals surface area contributed by atoms with E-state index in [1.165, 1.54) is 0 Å². The predicted octanol–water partition coefficient (Wildman–Crippen LogP) is 2.07. The minimum Gasteiger partial charge on any atom is -1.00 e. The fourth-order valence-corrected chi connectivity index (χ4v) is 9.06. The highest BCUT2D eigenvalue weighted by Crippen LogP contribution is 2.42. The fourth-order valence-electron chi connectivity index (χ4n) is 7.52. The van der Waals surface area contributed by atoms with E-state index in [9.17, 15) is 14.4 Å². The lowest BCUT2D eigenvalue weighted by Crippen LogP contribution is -3.00. The van der Waals surface area contributed by atoms with E-state index in [1.807, 2.05) is 36.0 Å². The van der Waals surface area contributed by atoms with Gasteiger partial charge in [-0.15, -0.1) is 0 Å². The van der Waals surface area contributed by atoms with Gasteiger partial charge in [-0.25, -0.2) is 9.37 Å². The number of carbonyl (C=O) groups excluding carboxylic acids is 3. The number of benzene rings is 3. The molecule has 3 atom stereocenters. The number of thioether (sulfide) groups is 1. The Morgan fingerprint density at radius 2 is 1.70 bits per heavy atom. The van der Waals surface area contributed by atoms with Crippen molar-refractivity contribution in [2.24, 2.45) is 0 Å². The van der Waals surface area contributed by atoms with Gasteiger partial charge >= 0.3 is 6.03 Å². The number of amides is 4. The van der Waals surface area contributed by atoms with E-state index in [1.54, 1.807) is 0 Å². The van der Waals surface area contributed by atoms with Crippen LogP contribution in [0.25, 0.3) is 33.4 Å². The third kappa shape index (κ3) is 9.33. The van der Waals surface area contributed by atoms with E-state index >= 15 is 0 Å². The van der Waals surface area contributed by atoms with Gasteiger partial charge in [0.25, 0.3) is 5.91 Å². The van der Waals surface area contributed by atoms with Crippen LogP contribution >= 0.6 is 11.8 Å². The minimum atomic E-state index is -0.182. The van der Waals surface area contributed by atoms with Crippen LogP contribution in [-0.4, -0.2) is 93.4 Å². The summed E-state index contributed by atoms with van der Waals surface area (Å²) in [5, 5.41) is 14.3. The van der Waals surface area contributed by atoms with Crippen molar-refractivity contribution in [3.63, 3.8) is 0 Å². The Bertz CT molecular complexity index is 1960. The summed E-state index contributed by atoms with van der Waals surface area (Å²) in [5.41, 5.74) is 5.18. The van der Waals surface area contributed by atoms with E-state index in [2.05, 4.69) is 94.8 Å². The maximum absolute atomic E-state index is 13.7. The van der Waals surface area contributed by atoms with Crippen molar-refractivity contribution in [1.29, 1.82) is 0 Å². The highest BCUT2D eigenvalue weighted by Gasteiger charge is 2.42. The van der Waals surface area contributed by atoms with Crippen molar-refractivity contribution in [2.45, 2.75) is 64.3 Å². The molecule has 11 nitrogen and oxygen atoms in total. The van der Waals surface area contributed by atoms with Crippen LogP contribution in [-0.2, 0) is 9.53 Å². The first-order valence-electron chi connectivity index (χ1n) is 19.1. The molecular formula is C41H53ClN6O5S. The highest BCUT2D eigenvalue weighted by atomic mass is 35.5. The van der Waals surface area contributed by atoms with Crippen LogP contribution in [0.4, 0.5) is 10.5 Å². The molecule has 3 heterocycles. The summed E-state index contributed by atoms with van der Waals surface area (Å²) in [7, 11) is 0. The fraction of sp³-hybridized carbons (Fsp3) is 0.463. The smallest absolute Gasteiger partial charge is 0.315 e. The van der Waals surface area contributed by atoms with Crippen LogP contribution in [0.1, 0.15) is 57.3 Å². The molecule has 0 spiro atoms. The third-order valence-electron chi connectivity index (χ3n) is 10.3. The van der Waals surface area contributed by atoms with E-state index in [4.69, 9.17) is 9.15 Å². The topological polar surface area (TPSA) is 128 Å². The van der Waals surface area contributed by atoms with Gasteiger partial charge in [0.15, 0.2) is 0 Å². The zero-order valence-electron chi connectivity index (χ0n) is 31.7. The van der Waals surface area contributed by atoms with Crippen LogP contribution in [0, 0.1) is 0 Å². The van der Waals surface area contributed by atoms with Gasteiger partial charge in [-0.1, -0.05) is 18.2 Å². The average Bonchev–Trinajstić information content (AvgIpc) is 3.73. The van der Waals surface area contributed by atoms with Crippen molar-refractivity contribution < 1.29 is 35.9 Å². The number of anilines is 1. The van der Waals surface area contributed by atoms with Gasteiger partial charge in [-0.05, 0) is 70.4 Å². The van der Waals surface area contributed by atoms with Crippen LogP contribution in [0.2, 0.25) is 0 Å². The Balaban J connectivity index is 0.00000561. The molecule has 290 valence electrons. The lowest BCUT2D eigenvalue weighted by molar-refractivity contribution is -0.121. The number of nitrogens with one attached hydrogen (secondary N) is 4. The number of urea groups is 1. The van der Waals surface area contributed by atoms with Gasteiger partial charge < -0.3 is 47.7 Å². The number of hydrogen-bond donors (Lipinski definition) is 4. The molecule has 6 rings (SSSR count). The molecule has 2 aromatic carbocycles. The summed E-state index contributed by atoms with van der Waals surface area (Å²) >= 11 is 1.86. The molecule has 0 bridgehead atoms. The number of hydrogen-bond acceptors (Lipinski definition) is 7. The molecule has 13 heteroatoms. The normalized spacial score (nSPS) is 17.4. The number of nitrogens with zero attached hydrogens (tertiary/aromatic N) is 2. The Morgan fingerprint density at radius 3 is 2.46 bits per heavy atom. The summed E-state index contributed by atoms with van der Waals surface area (Å²) in [5.74, 6) is 1.50. The molecule has 1 aliphatic carbocycles. The predicted molar refractivity (Wildman–Crippen MR) is 214 cm³/mol. The first-order chi connectivity index (χ1) is 25.8. The van der Waals surface area contributed by atoms with Crippen molar-refractivity contribution >= 4 is 46.3 Å². The second kappa shape index (κ2) is 19.4. The summed E-state index contributed by atoms with van der Waals surface area (Å²) in [6.45, 7) is 13.6. The second-order valence-corrected chi connectivity index (χ2v) is 14.7. The van der Waals surface area contributed by atoms with E-state index < -0.39 is 0 Å². The summed E-state index contributed by atoms with van der Waals surface area (Å²) < 4.78 is 14.7. The van der Waals surface area contributed by atoms with Crippen LogP contribution in [0.5, 0.6) is 0 Å². The summed E-state index contributed by atoms with van der Waals surface area (Å²) in [4.78, 5) is 40.0. The molecule has 54 heavy (non-hydrogen) atoms. The van der Waals surface area contributed by atoms with Crippen LogP contribution < -0.4 is 48.5 Å². The van der Waals surface area contributed by atoms with Gasteiger partial charge in [-0.2, -0.15) is 11.8 Å². The molecule has 0 aromatic heterocycles. The minimum absolute atomic E-state index is 0. The molecule has 0 radical (unpaired) electrons. The number of carbonyl (C=O) groups is 3. The maximum Gasteiger partial charge on any atom is 0.315 e. The van der Waals surface area contributed by atoms with Crippen molar-refractivity contribution in [2.75, 3.05) is 63.1 Å². The van der Waals surface area contributed by atoms with Gasteiger partial charge in [0.05, 0.1) is 31.4 Å². The Labute approximate surface area is 328 Å². The van der Waals surface area contributed by atoms with Gasteiger partial charge in [0.2, 0.25) is 11.3 Å². The monoisotopic (exact) mass is 776 g/mol. The molecule has 0 saturated carbocycles. The van der Waals surface area contributed by atoms with Crippen LogP contribution in [0.3, 0.4) is 0 Å². The Morgan fingerprint density at radius 1 is 0.944 bits per heavy atom. The molecule has 2 aromatic rings. The second-order valence-electron chi connectivity index (χ2n) is 13.5. The highest BCUT2D eigenvalue weighted by molar-refractivity contribution is 8.00. The lowest BCUT2D eigenvalue weighted by atomic mass is 9.90. The number of halogens is 1. The molecule has 4 N–H and O–H groups in total. The molecule has 1 unspecified atom stereocenters. The van der Waals surface area contributed by atoms with E-state index in [-0.39, 0.29) is 42.3 Å². The SMILES string of the molecule is CCN(CC)c1ccc2c(-c3ccccc3C(=O)NCCOCCNC(=O)CCCC3SC[C@@H]4NC(=O)N[C@H]34)c3ccc(=[N+](CC)CC)cc-3oc2c1.[Cl-]. The largest absolute Gasteiger partial charge is 1.00 e. The molecular weight excluding hydrogens is 724 g/mol. The van der Waals surface area contributed by atoms with Gasteiger partial charge in [0, 0.05) is 83.5 Å². The molecule has 2 fully saturated rings. The zero-order valence-corrected chi connectivity index (χ0v) is 33.3. The number of ether oxygens (including phenoxy) is 1. The van der Waals surface area contributed by atoms with E-state index in [0.29, 0.717) is 43.5 Å². The first kappa shape index (κ1) is 40.9. The molecule has 4 amide bonds. The van der Waals surface area contributed by atoms with Gasteiger partial charge in [-0.3, -0.25) is 9.59 Å². The third-order valence-corrected chi connectivity index (χ3v) is 11.8. The summed E-state index contributed by atoms with van der Waals surface area (Å²) in [6, 6.07) is 20.7. The van der Waals surface area contributed by atoms with Crippen molar-refractivity contribution in [3.05, 3.63) is 71.6 Å². The number of rotatable bonds is 17. The molecule has 3 aliphatic heterocycles. The van der Waals surface area contributed by atoms with Crippen LogP contribution in [0.15, 0.2) is 65.1 Å². The van der Waals surface area contributed by atoms with E-state index in [0.717, 1.165) is 89.2 Å². The standard InChI is InChI=1S/C41H52N6O5S.ClH/c1-5-46(6-2)27-16-18-31-34(24-27)52-35-25-28(47(7-3)8-4)17-19-32(35)38(31)29-12-9-10-13-30(29)40(49)43-21-23-51-22-20-42-37(48)15-11-14-36-39-33(26-53-36)44-41(50)45-39;/h9-10,12-13,16-19,24-25,33,36,39H,5-8,11,14-15,20-23,26H2,1-4H3,(H3-,42,43,44,45,48,49,50);1H/t33-,36?,39-;/m0./s1. The summed E-state index contributed by atoms with van der Waals surface area (Å²) in [6.07, 6.45) is 2.11. The van der Waals surface area contributed by atoms with Gasteiger partial charge in [0.1, 0.15) is 24.4 Å². The first-order valence-corrected chi connectivity index (χ1v) is 20.1. The average molecular weight is 777 g/mol. The Hall–Kier alpha value is -4.26. The zero-order chi connectivity index (χ0) is 37.3. The quantitative estimate of drug-likeness (QED) is 0.0560.